The van der Waals surface area contributed by atoms with Crippen molar-refractivity contribution in [3.63, 3.8) is 0 Å². The molecule has 186 valence electrons. The molecule has 2 heteroatoms. The summed E-state index contributed by atoms with van der Waals surface area (Å²) in [7, 11) is 2.19. The van der Waals surface area contributed by atoms with Crippen LogP contribution in [0.25, 0.3) is 43.6 Å². The number of hydrogen-bond donors (Lipinski definition) is 0. The highest BCUT2D eigenvalue weighted by atomic mass is 16.5. The Morgan fingerprint density at radius 3 is 2.49 bits per heavy atom. The van der Waals surface area contributed by atoms with Crippen molar-refractivity contribution in [2.75, 3.05) is 0 Å². The zero-order valence-electron chi connectivity index (χ0n) is 22.5. The van der Waals surface area contributed by atoms with Crippen molar-refractivity contribution in [2.24, 2.45) is 18.9 Å². The van der Waals surface area contributed by atoms with Crippen LogP contribution in [0.5, 0.6) is 11.5 Å². The van der Waals surface area contributed by atoms with Crippen molar-refractivity contribution in [2.45, 2.75) is 59.3 Å². The molecule has 0 unspecified atom stereocenters. The highest BCUT2D eigenvalue weighted by Gasteiger charge is 2.33. The van der Waals surface area contributed by atoms with Crippen LogP contribution in [0, 0.1) is 18.8 Å². The maximum Gasteiger partial charge on any atom is 0.228 e. The summed E-state index contributed by atoms with van der Waals surface area (Å²) in [4.78, 5) is 0. The largest absolute Gasteiger partial charge is 0.455 e. The Kier molecular flexibility index (Phi) is 5.29. The van der Waals surface area contributed by atoms with E-state index in [-0.39, 0.29) is 0 Å². The number of aryl methyl sites for hydroxylation is 2. The molecule has 1 fully saturated rings. The molecule has 0 atom stereocenters. The molecular formula is C35H36NO+. The van der Waals surface area contributed by atoms with Gasteiger partial charge in [-0.2, -0.15) is 0 Å². The van der Waals surface area contributed by atoms with Crippen LogP contribution in [-0.2, 0) is 19.9 Å². The van der Waals surface area contributed by atoms with E-state index >= 15 is 0 Å². The monoisotopic (exact) mass is 486 g/mol. The molecule has 1 aromatic heterocycles. The van der Waals surface area contributed by atoms with Crippen molar-refractivity contribution in [3.05, 3.63) is 77.5 Å². The number of ether oxygens (including phenoxy) is 1. The summed E-state index contributed by atoms with van der Waals surface area (Å²) in [5.74, 6) is 3.43. The average molecular weight is 487 g/mol. The molecule has 0 N–H and O–H groups in total. The summed E-state index contributed by atoms with van der Waals surface area (Å²) >= 11 is 0. The molecule has 0 radical (unpaired) electrons. The smallest absolute Gasteiger partial charge is 0.228 e. The second kappa shape index (κ2) is 8.58. The van der Waals surface area contributed by atoms with Gasteiger partial charge in [-0.25, -0.2) is 4.57 Å². The van der Waals surface area contributed by atoms with Crippen molar-refractivity contribution >= 4 is 32.3 Å². The average Bonchev–Trinajstić information content (AvgIpc) is 3.40. The van der Waals surface area contributed by atoms with E-state index in [2.05, 4.69) is 93.2 Å². The van der Waals surface area contributed by atoms with Gasteiger partial charge in [-0.1, -0.05) is 82.0 Å². The van der Waals surface area contributed by atoms with Gasteiger partial charge in [-0.05, 0) is 70.3 Å². The molecule has 2 aliphatic rings. The first kappa shape index (κ1) is 22.8. The summed E-state index contributed by atoms with van der Waals surface area (Å²) in [6.45, 7) is 6.87. The van der Waals surface area contributed by atoms with Crippen LogP contribution >= 0.6 is 0 Å². The van der Waals surface area contributed by atoms with Crippen LogP contribution < -0.4 is 9.30 Å². The van der Waals surface area contributed by atoms with Crippen molar-refractivity contribution in [1.29, 1.82) is 0 Å². The standard InChI is InChI=1S/C35H36NO/c1-21(2)17-30-27-12-8-7-11-26(27)22(3)32-34-33-28(15-16-36(34)4)29-19-24(18-23-9-5-6-10-23)13-14-25(29)20-31(33)37-35(30)32/h7-8,11-16,19-21,23H,5-6,9-10,17-18H2,1-4H3/q+1. The zero-order chi connectivity index (χ0) is 25.3. The first-order valence-corrected chi connectivity index (χ1v) is 14.1. The first-order valence-electron chi connectivity index (χ1n) is 14.1. The molecule has 0 saturated heterocycles. The Bertz CT molecular complexity index is 1700. The highest BCUT2D eigenvalue weighted by molar-refractivity contribution is 6.16. The third-order valence-corrected chi connectivity index (χ3v) is 8.86. The molecule has 0 spiro atoms. The van der Waals surface area contributed by atoms with Crippen molar-refractivity contribution in [1.82, 2.24) is 0 Å². The molecule has 4 aromatic carbocycles. The number of pyridine rings is 1. The fraction of sp³-hybridized carbons (Fsp3) is 0.343. The Hall–Kier alpha value is -3.39. The normalized spacial score (nSPS) is 15.2. The van der Waals surface area contributed by atoms with Crippen molar-refractivity contribution < 1.29 is 9.30 Å². The Morgan fingerprint density at radius 1 is 0.919 bits per heavy atom. The van der Waals surface area contributed by atoms with Gasteiger partial charge >= 0.3 is 0 Å². The van der Waals surface area contributed by atoms with Gasteiger partial charge in [0.1, 0.15) is 18.5 Å². The van der Waals surface area contributed by atoms with E-state index in [1.165, 1.54) is 92.4 Å². The van der Waals surface area contributed by atoms with Crippen LogP contribution in [0.2, 0.25) is 0 Å². The molecule has 1 aliphatic carbocycles. The van der Waals surface area contributed by atoms with Crippen LogP contribution in [-0.4, -0.2) is 0 Å². The summed E-state index contributed by atoms with van der Waals surface area (Å²) < 4.78 is 9.27. The maximum absolute atomic E-state index is 6.96. The van der Waals surface area contributed by atoms with E-state index in [0.29, 0.717) is 5.92 Å². The van der Waals surface area contributed by atoms with Crippen LogP contribution in [0.3, 0.4) is 0 Å². The van der Waals surface area contributed by atoms with E-state index in [1.807, 2.05) is 0 Å². The lowest BCUT2D eigenvalue weighted by atomic mass is 9.85. The van der Waals surface area contributed by atoms with Gasteiger partial charge in [0.15, 0.2) is 6.20 Å². The van der Waals surface area contributed by atoms with Gasteiger partial charge in [-0.3, -0.25) is 0 Å². The minimum absolute atomic E-state index is 0.541. The van der Waals surface area contributed by atoms with Crippen LogP contribution in [0.15, 0.2) is 60.8 Å². The van der Waals surface area contributed by atoms with E-state index in [1.54, 1.807) is 0 Å². The lowest BCUT2D eigenvalue weighted by Crippen LogP contribution is -2.32. The quantitative estimate of drug-likeness (QED) is 0.179. The second-order valence-electron chi connectivity index (χ2n) is 11.9. The molecular weight excluding hydrogens is 450 g/mol. The van der Waals surface area contributed by atoms with Gasteiger partial charge in [0.05, 0.1) is 10.9 Å². The Morgan fingerprint density at radius 2 is 1.70 bits per heavy atom. The number of fused-ring (bicyclic) bond motifs is 5. The molecule has 5 aromatic rings. The zero-order valence-corrected chi connectivity index (χ0v) is 22.5. The van der Waals surface area contributed by atoms with E-state index in [4.69, 9.17) is 4.74 Å². The van der Waals surface area contributed by atoms with Gasteiger partial charge in [0, 0.05) is 17.0 Å². The van der Waals surface area contributed by atoms with Gasteiger partial charge < -0.3 is 4.74 Å². The van der Waals surface area contributed by atoms with E-state index in [0.717, 1.165) is 23.8 Å². The SMILES string of the molecule is Cc1c2c(c(CC(C)C)c3ccccc13)Oc1cc3ccc(CC4CCCC4)cc3c3cc[n+](C)c-2c13. The predicted molar refractivity (Wildman–Crippen MR) is 155 cm³/mol. The number of aromatic nitrogens is 1. The number of nitrogens with zero attached hydrogens (tertiary/aromatic N) is 1. The maximum atomic E-state index is 6.96. The molecule has 7 rings (SSSR count). The van der Waals surface area contributed by atoms with Crippen molar-refractivity contribution in [3.8, 4) is 22.8 Å². The molecule has 0 amide bonds. The fourth-order valence-corrected chi connectivity index (χ4v) is 7.12. The summed E-state index contributed by atoms with van der Waals surface area (Å²) in [5, 5.41) is 7.82. The van der Waals surface area contributed by atoms with Gasteiger partial charge in [0.2, 0.25) is 5.69 Å². The molecule has 2 heterocycles. The number of hydrogen-bond acceptors (Lipinski definition) is 1. The summed E-state index contributed by atoms with van der Waals surface area (Å²) in [6.07, 6.45) is 10.0. The molecule has 1 aliphatic heterocycles. The Balaban J connectivity index is 1.53. The van der Waals surface area contributed by atoms with E-state index in [9.17, 15) is 0 Å². The molecule has 37 heavy (non-hydrogen) atoms. The van der Waals surface area contributed by atoms with Gasteiger partial charge in [-0.15, -0.1) is 0 Å². The third-order valence-electron chi connectivity index (χ3n) is 8.86. The molecule has 1 saturated carbocycles. The predicted octanol–water partition coefficient (Wildman–Crippen LogP) is 8.98. The van der Waals surface area contributed by atoms with Crippen LogP contribution in [0.1, 0.15) is 56.2 Å². The Labute approximate surface area is 219 Å². The second-order valence-corrected chi connectivity index (χ2v) is 11.9. The summed E-state index contributed by atoms with van der Waals surface area (Å²) in [5.41, 5.74) is 6.66. The third kappa shape index (κ3) is 3.56. The summed E-state index contributed by atoms with van der Waals surface area (Å²) in [6, 6.07) is 20.6. The van der Waals surface area contributed by atoms with Crippen LogP contribution in [0.4, 0.5) is 0 Å². The number of benzene rings is 4. The topological polar surface area (TPSA) is 13.1 Å². The lowest BCUT2D eigenvalue weighted by Gasteiger charge is -2.26. The first-order chi connectivity index (χ1) is 18.0. The molecule has 0 bridgehead atoms. The minimum atomic E-state index is 0.541. The molecule has 2 nitrogen and oxygen atoms in total. The fourth-order valence-electron chi connectivity index (χ4n) is 7.12. The van der Waals surface area contributed by atoms with Gasteiger partial charge in [0.25, 0.3) is 0 Å². The number of rotatable bonds is 4. The lowest BCUT2D eigenvalue weighted by molar-refractivity contribution is -0.659. The van der Waals surface area contributed by atoms with E-state index < -0.39 is 0 Å². The highest BCUT2D eigenvalue weighted by Crippen LogP contribution is 2.52. The minimum Gasteiger partial charge on any atom is -0.455 e.